The average molecular weight is 468 g/mol. The van der Waals surface area contributed by atoms with Gasteiger partial charge in [0, 0.05) is 12.8 Å². The first-order valence-corrected chi connectivity index (χ1v) is 12.7. The summed E-state index contributed by atoms with van der Waals surface area (Å²) in [6, 6.07) is 0. The smallest absolute Gasteiger partial charge is 0.149 e. The third kappa shape index (κ3) is 9.13. The van der Waals surface area contributed by atoms with Gasteiger partial charge in [-0.15, -0.1) is 0 Å². The SMILES string of the molecule is C=C/C(N=C(C)CC(C)C1CCNCC1)=C(C)\C=C(/C)C1=C/C(=C/C)C(=NC)C(F)=C1.CCC. The molecule has 1 unspecified atom stereocenters. The van der Waals surface area contributed by atoms with Gasteiger partial charge in [0.05, 0.1) is 11.4 Å². The predicted octanol–water partition coefficient (Wildman–Crippen LogP) is 8.11. The van der Waals surface area contributed by atoms with E-state index >= 15 is 0 Å². The minimum absolute atomic E-state index is 0.299. The van der Waals surface area contributed by atoms with Crippen LogP contribution in [0.3, 0.4) is 0 Å². The van der Waals surface area contributed by atoms with Gasteiger partial charge in [0.25, 0.3) is 0 Å². The number of hydrogen-bond donors (Lipinski definition) is 1. The van der Waals surface area contributed by atoms with Gasteiger partial charge < -0.3 is 5.32 Å². The Bertz CT molecular complexity index is 903. The molecule has 34 heavy (non-hydrogen) atoms. The number of nitrogens with one attached hydrogen (secondary N) is 1. The highest BCUT2D eigenvalue weighted by molar-refractivity contribution is 6.14. The molecule has 0 bridgehead atoms. The zero-order valence-corrected chi connectivity index (χ0v) is 22.8. The minimum Gasteiger partial charge on any atom is -0.317 e. The van der Waals surface area contributed by atoms with Crippen molar-refractivity contribution in [3.63, 3.8) is 0 Å². The minimum atomic E-state index is -0.299. The van der Waals surface area contributed by atoms with Gasteiger partial charge in [0.2, 0.25) is 0 Å². The van der Waals surface area contributed by atoms with Crippen LogP contribution in [-0.2, 0) is 0 Å². The van der Waals surface area contributed by atoms with Gasteiger partial charge >= 0.3 is 0 Å². The normalized spacial score (nSPS) is 21.9. The number of nitrogens with zero attached hydrogens (tertiary/aromatic N) is 2. The van der Waals surface area contributed by atoms with Gasteiger partial charge in [0.15, 0.2) is 0 Å². The van der Waals surface area contributed by atoms with Gasteiger partial charge in [-0.25, -0.2) is 4.39 Å². The number of piperidine rings is 1. The number of allylic oxidation sites excluding steroid dienone is 10. The van der Waals surface area contributed by atoms with E-state index < -0.39 is 0 Å². The van der Waals surface area contributed by atoms with E-state index in [0.717, 1.165) is 59.1 Å². The average Bonchev–Trinajstić information content (AvgIpc) is 2.82. The Morgan fingerprint density at radius 2 is 1.82 bits per heavy atom. The number of rotatable bonds is 7. The molecule has 1 heterocycles. The second-order valence-corrected chi connectivity index (χ2v) is 9.33. The van der Waals surface area contributed by atoms with Gasteiger partial charge in [-0.1, -0.05) is 45.9 Å². The molecule has 2 aliphatic rings. The zero-order chi connectivity index (χ0) is 25.7. The largest absolute Gasteiger partial charge is 0.317 e. The highest BCUT2D eigenvalue weighted by Gasteiger charge is 2.20. The number of hydrogen-bond acceptors (Lipinski definition) is 3. The monoisotopic (exact) mass is 467 g/mol. The fourth-order valence-corrected chi connectivity index (χ4v) is 4.38. The van der Waals surface area contributed by atoms with Crippen molar-refractivity contribution in [2.45, 2.75) is 74.1 Å². The third-order valence-corrected chi connectivity index (χ3v) is 6.23. The molecule has 1 aliphatic heterocycles. The summed E-state index contributed by atoms with van der Waals surface area (Å²) in [4.78, 5) is 8.94. The van der Waals surface area contributed by atoms with Gasteiger partial charge in [-0.3, -0.25) is 9.98 Å². The van der Waals surface area contributed by atoms with E-state index in [1.165, 1.54) is 19.3 Å². The highest BCUT2D eigenvalue weighted by atomic mass is 19.1. The summed E-state index contributed by atoms with van der Waals surface area (Å²) >= 11 is 0. The van der Waals surface area contributed by atoms with Crippen molar-refractivity contribution < 1.29 is 4.39 Å². The summed E-state index contributed by atoms with van der Waals surface area (Å²) in [5, 5.41) is 3.44. The molecule has 2 rings (SSSR count). The van der Waals surface area contributed by atoms with Gasteiger partial charge in [-0.05, 0) is 112 Å². The molecule has 0 aromatic heterocycles. The Hall–Kier alpha value is -2.33. The van der Waals surface area contributed by atoms with Crippen LogP contribution >= 0.6 is 0 Å². The molecule has 1 fully saturated rings. The Kier molecular flexibility index (Phi) is 13.6. The van der Waals surface area contributed by atoms with Crippen LogP contribution in [0.5, 0.6) is 0 Å². The quantitative estimate of drug-likeness (QED) is 0.298. The lowest BCUT2D eigenvalue weighted by molar-refractivity contribution is 0.281. The molecule has 3 nitrogen and oxygen atoms in total. The molecule has 0 amide bonds. The molecular weight excluding hydrogens is 421 g/mol. The van der Waals surface area contributed by atoms with Crippen LogP contribution in [0.1, 0.15) is 74.1 Å². The topological polar surface area (TPSA) is 36.8 Å². The molecule has 1 atom stereocenters. The van der Waals surface area contributed by atoms with Crippen molar-refractivity contribution in [3.05, 3.63) is 70.8 Å². The van der Waals surface area contributed by atoms with Gasteiger partial charge in [0.1, 0.15) is 5.83 Å². The maximum atomic E-state index is 14.5. The molecule has 0 spiro atoms. The molecule has 1 saturated heterocycles. The summed E-state index contributed by atoms with van der Waals surface area (Å²) in [5.41, 5.74) is 6.07. The molecule has 0 radical (unpaired) electrons. The molecule has 1 N–H and O–H groups in total. The van der Waals surface area contributed by atoms with Gasteiger partial charge in [-0.2, -0.15) is 0 Å². The molecule has 1 aliphatic carbocycles. The Morgan fingerprint density at radius 3 is 2.35 bits per heavy atom. The maximum absolute atomic E-state index is 14.5. The van der Waals surface area contributed by atoms with E-state index in [1.54, 1.807) is 13.1 Å². The second kappa shape index (κ2) is 15.5. The molecule has 4 heteroatoms. The van der Waals surface area contributed by atoms with Crippen LogP contribution in [0.15, 0.2) is 80.8 Å². The van der Waals surface area contributed by atoms with Crippen LogP contribution in [-0.4, -0.2) is 31.6 Å². The Labute approximate surface area is 208 Å². The first-order valence-electron chi connectivity index (χ1n) is 12.7. The van der Waals surface area contributed by atoms with E-state index in [0.29, 0.717) is 11.6 Å². The van der Waals surface area contributed by atoms with Crippen molar-refractivity contribution >= 4 is 11.4 Å². The highest BCUT2D eigenvalue weighted by Crippen LogP contribution is 2.28. The Balaban J connectivity index is 0.00000182. The van der Waals surface area contributed by atoms with E-state index in [2.05, 4.69) is 50.7 Å². The molecule has 0 aromatic rings. The maximum Gasteiger partial charge on any atom is 0.149 e. The van der Waals surface area contributed by atoms with Crippen molar-refractivity contribution in [3.8, 4) is 0 Å². The standard InChI is InChI=1S/C27H38FN3.C3H8/c1-8-22-16-24(17-25(28)27(22)29-7)18(3)14-20(5)26(9-2)31-21(6)15-19(4)23-10-12-30-13-11-23;1-3-2/h8-9,14,16-17,19,23,30H,2,10-13,15H2,1,3-7H3;3H2,1-2H3/b18-14+,22-8-,26-20+,29-27?,31-21?;. The lowest BCUT2D eigenvalue weighted by Gasteiger charge is -2.28. The molecule has 0 saturated carbocycles. The Morgan fingerprint density at radius 1 is 1.21 bits per heavy atom. The van der Waals surface area contributed by atoms with E-state index in [-0.39, 0.29) is 5.83 Å². The van der Waals surface area contributed by atoms with Crippen LogP contribution in [0, 0.1) is 11.8 Å². The summed E-state index contributed by atoms with van der Waals surface area (Å²) in [6.07, 6.45) is 14.0. The molecular formula is C30H46FN3. The second-order valence-electron chi connectivity index (χ2n) is 9.33. The molecule has 188 valence electrons. The van der Waals surface area contributed by atoms with E-state index in [1.807, 2.05) is 39.0 Å². The summed E-state index contributed by atoms with van der Waals surface area (Å²) < 4.78 is 14.5. The first-order chi connectivity index (χ1) is 16.2. The van der Waals surface area contributed by atoms with Crippen LogP contribution < -0.4 is 5.32 Å². The lowest BCUT2D eigenvalue weighted by atomic mass is 9.83. The number of halogens is 1. The summed E-state index contributed by atoms with van der Waals surface area (Å²) in [7, 11) is 1.61. The summed E-state index contributed by atoms with van der Waals surface area (Å²) in [5.74, 6) is 1.10. The van der Waals surface area contributed by atoms with Crippen molar-refractivity contribution in [1.82, 2.24) is 5.32 Å². The zero-order valence-electron chi connectivity index (χ0n) is 22.8. The van der Waals surface area contributed by atoms with Crippen LogP contribution in [0.2, 0.25) is 0 Å². The van der Waals surface area contributed by atoms with Crippen molar-refractivity contribution in [2.75, 3.05) is 20.1 Å². The van der Waals surface area contributed by atoms with Crippen molar-refractivity contribution in [1.29, 1.82) is 0 Å². The van der Waals surface area contributed by atoms with E-state index in [4.69, 9.17) is 4.99 Å². The predicted molar refractivity (Wildman–Crippen MR) is 149 cm³/mol. The third-order valence-electron chi connectivity index (χ3n) is 6.23. The van der Waals surface area contributed by atoms with Crippen LogP contribution in [0.25, 0.3) is 0 Å². The fraction of sp³-hybridized carbons (Fsp3) is 0.533. The summed E-state index contributed by atoms with van der Waals surface area (Å²) in [6.45, 7) is 20.8. The molecule has 0 aromatic carbocycles. The van der Waals surface area contributed by atoms with Crippen molar-refractivity contribution in [2.24, 2.45) is 21.8 Å². The van der Waals surface area contributed by atoms with E-state index in [9.17, 15) is 4.39 Å². The number of aliphatic imine (C=N–C) groups is 2. The fourth-order valence-electron chi connectivity index (χ4n) is 4.38. The first kappa shape index (κ1) is 29.7. The lowest BCUT2D eigenvalue weighted by Crippen LogP contribution is -2.31. The van der Waals surface area contributed by atoms with Crippen LogP contribution in [0.4, 0.5) is 4.39 Å².